The van der Waals surface area contributed by atoms with E-state index in [0.717, 1.165) is 28.8 Å². The van der Waals surface area contributed by atoms with Crippen molar-refractivity contribution in [3.8, 4) is 11.3 Å². The third-order valence-electron chi connectivity index (χ3n) is 6.59. The molecule has 0 spiro atoms. The number of unbranched alkanes of at least 4 members (excludes halogenated alkanes) is 2. The van der Waals surface area contributed by atoms with E-state index in [0.29, 0.717) is 12.3 Å². The molecule has 0 saturated heterocycles. The highest BCUT2D eigenvalue weighted by atomic mass is 16.6. The van der Waals surface area contributed by atoms with Crippen molar-refractivity contribution >= 4 is 5.97 Å². The maximum Gasteiger partial charge on any atom is 0.383 e. The molecular formula is C33H33N3O4. The van der Waals surface area contributed by atoms with Gasteiger partial charge in [-0.25, -0.2) is 9.48 Å². The van der Waals surface area contributed by atoms with Crippen LogP contribution in [-0.4, -0.2) is 21.0 Å². The van der Waals surface area contributed by atoms with Crippen LogP contribution in [0.15, 0.2) is 114 Å². The molecule has 1 aliphatic rings. The van der Waals surface area contributed by atoms with Crippen LogP contribution in [0.1, 0.15) is 42.9 Å². The van der Waals surface area contributed by atoms with Crippen molar-refractivity contribution < 1.29 is 19.0 Å². The highest BCUT2D eigenvalue weighted by Crippen LogP contribution is 2.30. The van der Waals surface area contributed by atoms with Crippen molar-refractivity contribution in [2.24, 2.45) is 0 Å². The van der Waals surface area contributed by atoms with Crippen LogP contribution >= 0.6 is 0 Å². The molecule has 1 aliphatic heterocycles. The zero-order valence-electron chi connectivity index (χ0n) is 22.7. The first kappa shape index (κ1) is 26.9. The maximum atomic E-state index is 12.8. The van der Waals surface area contributed by atoms with Crippen LogP contribution in [0.5, 0.6) is 0 Å². The Kier molecular flexibility index (Phi) is 9.04. The molecule has 0 bridgehead atoms. The number of allylic oxidation sites excluding steroid dienone is 1. The van der Waals surface area contributed by atoms with Crippen molar-refractivity contribution in [1.29, 1.82) is 0 Å². The van der Waals surface area contributed by atoms with Gasteiger partial charge in [-0.05, 0) is 35.6 Å². The molecule has 2 heterocycles. The maximum absolute atomic E-state index is 12.8. The summed E-state index contributed by atoms with van der Waals surface area (Å²) < 4.78 is 19.2. The normalized spacial score (nSPS) is 14.0. The van der Waals surface area contributed by atoms with Gasteiger partial charge in [-0.3, -0.25) is 0 Å². The Hall–Kier alpha value is -4.65. The summed E-state index contributed by atoms with van der Waals surface area (Å²) in [6, 6.07) is 27.9. The van der Waals surface area contributed by atoms with E-state index in [-0.39, 0.29) is 24.7 Å². The van der Waals surface area contributed by atoms with Crippen LogP contribution < -0.4 is 0 Å². The van der Waals surface area contributed by atoms with Gasteiger partial charge in [-0.1, -0.05) is 110 Å². The monoisotopic (exact) mass is 535 g/mol. The summed E-state index contributed by atoms with van der Waals surface area (Å²) in [6.07, 6.45) is 8.39. The first-order valence-electron chi connectivity index (χ1n) is 13.7. The number of cyclic esters (lactones) is 1. The van der Waals surface area contributed by atoms with E-state index in [1.165, 1.54) is 24.8 Å². The third kappa shape index (κ3) is 7.05. The summed E-state index contributed by atoms with van der Waals surface area (Å²) in [7, 11) is 0. The second kappa shape index (κ2) is 13.4. The number of aromatic nitrogens is 3. The minimum atomic E-state index is -0.580. The van der Waals surface area contributed by atoms with E-state index in [1.807, 2.05) is 66.9 Å². The largest absolute Gasteiger partial charge is 0.481 e. The Morgan fingerprint density at radius 2 is 1.45 bits per heavy atom. The molecule has 0 saturated carbocycles. The Morgan fingerprint density at radius 1 is 0.800 bits per heavy atom. The fraction of sp³-hybridized carbons (Fsp3) is 0.242. The number of rotatable bonds is 13. The first-order valence-corrected chi connectivity index (χ1v) is 13.7. The fourth-order valence-corrected chi connectivity index (χ4v) is 4.37. The van der Waals surface area contributed by atoms with E-state index in [4.69, 9.17) is 14.2 Å². The smallest absolute Gasteiger partial charge is 0.383 e. The molecule has 0 atom stereocenters. The molecular weight excluding hydrogens is 502 g/mol. The van der Waals surface area contributed by atoms with Gasteiger partial charge >= 0.3 is 5.97 Å². The molecule has 4 aromatic rings. The van der Waals surface area contributed by atoms with E-state index in [1.54, 1.807) is 10.8 Å². The third-order valence-corrected chi connectivity index (χ3v) is 6.59. The number of benzene rings is 3. The molecule has 3 aromatic carbocycles. The van der Waals surface area contributed by atoms with Gasteiger partial charge in [-0.15, -0.1) is 5.10 Å². The van der Waals surface area contributed by atoms with Gasteiger partial charge in [-0.2, -0.15) is 0 Å². The lowest BCUT2D eigenvalue weighted by molar-refractivity contribution is -0.136. The van der Waals surface area contributed by atoms with Crippen molar-refractivity contribution in [3.05, 3.63) is 131 Å². The zero-order chi connectivity index (χ0) is 27.6. The van der Waals surface area contributed by atoms with Crippen molar-refractivity contribution in [2.75, 3.05) is 0 Å². The Labute approximate surface area is 234 Å². The van der Waals surface area contributed by atoms with Crippen molar-refractivity contribution in [3.63, 3.8) is 0 Å². The molecule has 1 aromatic heterocycles. The van der Waals surface area contributed by atoms with Gasteiger partial charge in [0.2, 0.25) is 5.76 Å². The number of ether oxygens (including phenoxy) is 3. The summed E-state index contributed by atoms with van der Waals surface area (Å²) >= 11 is 0. The molecule has 5 rings (SSSR count). The van der Waals surface area contributed by atoms with Crippen LogP contribution in [0.4, 0.5) is 0 Å². The van der Waals surface area contributed by atoms with Crippen molar-refractivity contribution in [1.82, 2.24) is 15.0 Å². The Bertz CT molecular complexity index is 1460. The number of carbonyl (C=O) groups excluding carboxylic acids is 1. The lowest BCUT2D eigenvalue weighted by Gasteiger charge is -2.10. The van der Waals surface area contributed by atoms with Gasteiger partial charge in [0.05, 0.1) is 12.7 Å². The quantitative estimate of drug-likeness (QED) is 0.139. The molecule has 0 unspecified atom stereocenters. The fourth-order valence-electron chi connectivity index (χ4n) is 4.37. The van der Waals surface area contributed by atoms with Gasteiger partial charge in [0.15, 0.2) is 5.76 Å². The number of carbonyl (C=O) groups is 1. The van der Waals surface area contributed by atoms with Gasteiger partial charge in [0, 0.05) is 5.56 Å². The summed E-state index contributed by atoms with van der Waals surface area (Å²) in [5.41, 5.74) is 5.02. The second-order valence-electron chi connectivity index (χ2n) is 9.64. The van der Waals surface area contributed by atoms with Gasteiger partial charge in [0.25, 0.3) is 5.76 Å². The second-order valence-corrected chi connectivity index (χ2v) is 9.64. The average Bonchev–Trinajstić information content (AvgIpc) is 3.59. The highest BCUT2D eigenvalue weighted by molar-refractivity contribution is 5.91. The lowest BCUT2D eigenvalue weighted by atomic mass is 10.0. The Morgan fingerprint density at radius 3 is 2.10 bits per heavy atom. The van der Waals surface area contributed by atoms with Crippen LogP contribution in [0.25, 0.3) is 11.3 Å². The molecule has 0 N–H and O–H groups in total. The molecule has 40 heavy (non-hydrogen) atoms. The number of aryl methyl sites for hydroxylation is 1. The summed E-state index contributed by atoms with van der Waals surface area (Å²) in [5, 5.41) is 8.60. The number of nitrogens with zero attached hydrogens (tertiary/aromatic N) is 3. The minimum absolute atomic E-state index is 0.0596. The van der Waals surface area contributed by atoms with E-state index >= 15 is 0 Å². The van der Waals surface area contributed by atoms with Crippen LogP contribution in [-0.2, 0) is 45.2 Å². The zero-order valence-corrected chi connectivity index (χ0v) is 22.7. The summed E-state index contributed by atoms with van der Waals surface area (Å²) in [6.45, 7) is 3.05. The molecule has 0 aliphatic carbocycles. The van der Waals surface area contributed by atoms with E-state index < -0.39 is 5.97 Å². The molecule has 0 radical (unpaired) electrons. The van der Waals surface area contributed by atoms with Crippen LogP contribution in [0.2, 0.25) is 0 Å². The number of esters is 1. The van der Waals surface area contributed by atoms with Crippen LogP contribution in [0, 0.1) is 0 Å². The standard InChI is InChI=1S/C33H33N3O4/c1-2-3-6-11-25-16-18-28(19-17-25)29-22-36(35-34-29)21-20-30-31(38-23-26-12-7-4-8-13-26)32(33(37)40-30)39-24-27-14-9-5-10-15-27/h4-5,7-10,12-20,22H,2-3,6,11,21,23-24H2,1H3/b30-20-. The number of hydrogen-bond acceptors (Lipinski definition) is 6. The number of hydrogen-bond donors (Lipinski definition) is 0. The molecule has 0 fully saturated rings. The molecule has 7 nitrogen and oxygen atoms in total. The summed E-state index contributed by atoms with van der Waals surface area (Å²) in [5.74, 6) is 0.0640. The topological polar surface area (TPSA) is 75.5 Å². The van der Waals surface area contributed by atoms with E-state index in [2.05, 4.69) is 41.5 Å². The minimum Gasteiger partial charge on any atom is -0.481 e. The average molecular weight is 536 g/mol. The molecule has 0 amide bonds. The molecule has 204 valence electrons. The predicted octanol–water partition coefficient (Wildman–Crippen LogP) is 6.76. The predicted molar refractivity (Wildman–Crippen MR) is 152 cm³/mol. The summed E-state index contributed by atoms with van der Waals surface area (Å²) in [4.78, 5) is 12.8. The van der Waals surface area contributed by atoms with Gasteiger partial charge < -0.3 is 14.2 Å². The van der Waals surface area contributed by atoms with Crippen molar-refractivity contribution in [2.45, 2.75) is 52.4 Å². The van der Waals surface area contributed by atoms with Crippen LogP contribution in [0.3, 0.4) is 0 Å². The molecule has 7 heteroatoms. The first-order chi connectivity index (χ1) is 19.7. The SMILES string of the molecule is CCCCCc1ccc(-c2cn(C/C=C3\OC(=O)C(OCc4ccccc4)=C3OCc3ccccc3)nn2)cc1. The Balaban J connectivity index is 1.30. The van der Waals surface area contributed by atoms with Gasteiger partial charge in [0.1, 0.15) is 18.9 Å². The highest BCUT2D eigenvalue weighted by Gasteiger charge is 2.34. The lowest BCUT2D eigenvalue weighted by Crippen LogP contribution is -2.04. The van der Waals surface area contributed by atoms with E-state index in [9.17, 15) is 4.79 Å².